The Morgan fingerprint density at radius 1 is 1.40 bits per heavy atom. The number of rotatable bonds is 2. The molecule has 1 aromatic heterocycles. The molecule has 15 heavy (non-hydrogen) atoms. The highest BCUT2D eigenvalue weighted by Gasteiger charge is 2.38. The smallest absolute Gasteiger partial charge is 0.168 e. The Balaban J connectivity index is 1.80. The van der Waals surface area contributed by atoms with Crippen LogP contribution in [0.2, 0.25) is 0 Å². The van der Waals surface area contributed by atoms with E-state index in [1.54, 1.807) is 11.3 Å². The molecule has 3 aliphatic heterocycles. The van der Waals surface area contributed by atoms with Crippen LogP contribution in [0.15, 0.2) is 16.8 Å². The molecule has 0 spiro atoms. The van der Waals surface area contributed by atoms with Gasteiger partial charge in [-0.2, -0.15) is 11.3 Å². The minimum Gasteiger partial charge on any atom is -0.303 e. The van der Waals surface area contributed by atoms with E-state index in [2.05, 4.69) is 4.90 Å². The van der Waals surface area contributed by atoms with Gasteiger partial charge in [-0.05, 0) is 43.3 Å². The van der Waals surface area contributed by atoms with Crippen molar-refractivity contribution >= 4 is 17.1 Å². The fourth-order valence-corrected chi connectivity index (χ4v) is 3.53. The lowest BCUT2D eigenvalue weighted by molar-refractivity contribution is 0.0419. The lowest BCUT2D eigenvalue weighted by Crippen LogP contribution is -2.49. The molecule has 2 bridgehead atoms. The standard InChI is InChI=1S/C12H15NOS/c14-12(10-3-6-15-8-10)11-7-13-4-1-9(11)2-5-13/h3,6,8-9,11H,1-2,4-5,7H2/t11-/m1/s1. The highest BCUT2D eigenvalue weighted by Crippen LogP contribution is 2.34. The lowest BCUT2D eigenvalue weighted by Gasteiger charge is -2.44. The van der Waals surface area contributed by atoms with Crippen molar-refractivity contribution in [3.8, 4) is 0 Å². The van der Waals surface area contributed by atoms with Gasteiger partial charge in [-0.3, -0.25) is 4.79 Å². The first-order chi connectivity index (χ1) is 7.34. The van der Waals surface area contributed by atoms with Crippen LogP contribution < -0.4 is 0 Å². The van der Waals surface area contributed by atoms with Gasteiger partial charge < -0.3 is 4.90 Å². The van der Waals surface area contributed by atoms with Gasteiger partial charge in [0.15, 0.2) is 5.78 Å². The summed E-state index contributed by atoms with van der Waals surface area (Å²) in [5.74, 6) is 1.31. The van der Waals surface area contributed by atoms with Crippen LogP contribution in [0.25, 0.3) is 0 Å². The molecular formula is C12H15NOS. The maximum absolute atomic E-state index is 12.2. The summed E-state index contributed by atoms with van der Waals surface area (Å²) >= 11 is 1.62. The van der Waals surface area contributed by atoms with E-state index in [1.165, 1.54) is 25.9 Å². The van der Waals surface area contributed by atoms with Gasteiger partial charge in [0, 0.05) is 23.4 Å². The molecule has 4 heterocycles. The predicted molar refractivity (Wildman–Crippen MR) is 61.3 cm³/mol. The summed E-state index contributed by atoms with van der Waals surface area (Å²) in [5.41, 5.74) is 0.929. The second kappa shape index (κ2) is 3.72. The first kappa shape index (κ1) is 9.55. The molecule has 3 aliphatic rings. The third-order valence-corrected chi connectivity index (χ3v) is 4.48. The molecular weight excluding hydrogens is 206 g/mol. The zero-order valence-corrected chi connectivity index (χ0v) is 9.50. The molecule has 0 unspecified atom stereocenters. The Bertz CT molecular complexity index is 352. The number of thiophene rings is 1. The number of piperidine rings is 3. The lowest BCUT2D eigenvalue weighted by atomic mass is 9.76. The summed E-state index contributed by atoms with van der Waals surface area (Å²) in [6, 6.07) is 1.96. The van der Waals surface area contributed by atoms with E-state index in [9.17, 15) is 4.79 Å². The summed E-state index contributed by atoms with van der Waals surface area (Å²) in [7, 11) is 0. The van der Waals surface area contributed by atoms with Crippen molar-refractivity contribution in [1.82, 2.24) is 4.90 Å². The molecule has 0 aromatic carbocycles. The van der Waals surface area contributed by atoms with Crippen molar-refractivity contribution in [1.29, 1.82) is 0 Å². The minimum atomic E-state index is 0.280. The zero-order valence-electron chi connectivity index (χ0n) is 8.69. The van der Waals surface area contributed by atoms with Crippen molar-refractivity contribution in [2.75, 3.05) is 19.6 Å². The van der Waals surface area contributed by atoms with Crippen LogP contribution in [0.4, 0.5) is 0 Å². The molecule has 0 N–H and O–H groups in total. The fourth-order valence-electron chi connectivity index (χ4n) is 2.88. The number of hydrogen-bond acceptors (Lipinski definition) is 3. The second-order valence-corrected chi connectivity index (χ2v) is 5.40. The average molecular weight is 221 g/mol. The number of carbonyl (C=O) groups is 1. The zero-order chi connectivity index (χ0) is 10.3. The van der Waals surface area contributed by atoms with Crippen LogP contribution in [0.3, 0.4) is 0 Å². The summed E-state index contributed by atoms with van der Waals surface area (Å²) < 4.78 is 0. The van der Waals surface area contributed by atoms with Gasteiger partial charge in [-0.1, -0.05) is 0 Å². The summed E-state index contributed by atoms with van der Waals surface area (Å²) in [4.78, 5) is 14.7. The molecule has 80 valence electrons. The molecule has 3 fully saturated rings. The van der Waals surface area contributed by atoms with Crippen LogP contribution >= 0.6 is 11.3 Å². The van der Waals surface area contributed by atoms with Gasteiger partial charge >= 0.3 is 0 Å². The highest BCUT2D eigenvalue weighted by molar-refractivity contribution is 7.08. The maximum Gasteiger partial charge on any atom is 0.168 e. The Morgan fingerprint density at radius 3 is 2.73 bits per heavy atom. The molecule has 3 saturated heterocycles. The van der Waals surface area contributed by atoms with E-state index < -0.39 is 0 Å². The van der Waals surface area contributed by atoms with Crippen LogP contribution in [0.5, 0.6) is 0 Å². The molecule has 0 aliphatic carbocycles. The highest BCUT2D eigenvalue weighted by atomic mass is 32.1. The molecule has 0 amide bonds. The molecule has 0 radical (unpaired) electrons. The number of ketones is 1. The van der Waals surface area contributed by atoms with Gasteiger partial charge in [0.1, 0.15) is 0 Å². The van der Waals surface area contributed by atoms with E-state index in [1.807, 2.05) is 16.8 Å². The normalized spacial score (nSPS) is 34.3. The average Bonchev–Trinajstić information content (AvgIpc) is 2.83. The predicted octanol–water partition coefficient (Wildman–Crippen LogP) is 2.27. The second-order valence-electron chi connectivity index (χ2n) is 4.62. The number of carbonyl (C=O) groups excluding carboxylic acids is 1. The first-order valence-corrected chi connectivity index (χ1v) is 6.57. The van der Waals surface area contributed by atoms with Crippen molar-refractivity contribution in [3.05, 3.63) is 22.4 Å². The summed E-state index contributed by atoms with van der Waals surface area (Å²) in [6.45, 7) is 3.41. The molecule has 1 aromatic rings. The van der Waals surface area contributed by atoms with E-state index in [0.717, 1.165) is 12.1 Å². The van der Waals surface area contributed by atoms with Gasteiger partial charge in [-0.15, -0.1) is 0 Å². The van der Waals surface area contributed by atoms with Gasteiger partial charge in [0.05, 0.1) is 0 Å². The van der Waals surface area contributed by atoms with Crippen molar-refractivity contribution in [2.24, 2.45) is 11.8 Å². The van der Waals surface area contributed by atoms with Gasteiger partial charge in [-0.25, -0.2) is 0 Å². The number of fused-ring (bicyclic) bond motifs is 3. The summed E-state index contributed by atoms with van der Waals surface area (Å²) in [6.07, 6.45) is 2.45. The van der Waals surface area contributed by atoms with Crippen LogP contribution in [0.1, 0.15) is 23.2 Å². The minimum absolute atomic E-state index is 0.280. The Hall–Kier alpha value is -0.670. The van der Waals surface area contributed by atoms with Crippen molar-refractivity contribution in [2.45, 2.75) is 12.8 Å². The first-order valence-electron chi connectivity index (χ1n) is 5.63. The topological polar surface area (TPSA) is 20.3 Å². The van der Waals surface area contributed by atoms with Crippen LogP contribution in [-0.4, -0.2) is 30.3 Å². The Labute approximate surface area is 93.9 Å². The van der Waals surface area contributed by atoms with Crippen molar-refractivity contribution < 1.29 is 4.79 Å². The number of nitrogens with zero attached hydrogens (tertiary/aromatic N) is 1. The SMILES string of the molecule is O=C(c1ccsc1)[C@@H]1CN2CCC1CC2. The van der Waals surface area contributed by atoms with E-state index in [4.69, 9.17) is 0 Å². The van der Waals surface area contributed by atoms with E-state index in [0.29, 0.717) is 11.7 Å². The van der Waals surface area contributed by atoms with E-state index >= 15 is 0 Å². The number of hydrogen-bond donors (Lipinski definition) is 0. The van der Waals surface area contributed by atoms with Gasteiger partial charge in [0.25, 0.3) is 0 Å². The van der Waals surface area contributed by atoms with Crippen LogP contribution in [-0.2, 0) is 0 Å². The van der Waals surface area contributed by atoms with Gasteiger partial charge in [0.2, 0.25) is 0 Å². The molecule has 2 nitrogen and oxygen atoms in total. The molecule has 0 saturated carbocycles. The molecule has 1 atom stereocenters. The Morgan fingerprint density at radius 2 is 2.20 bits per heavy atom. The van der Waals surface area contributed by atoms with E-state index in [-0.39, 0.29) is 5.92 Å². The third kappa shape index (κ3) is 1.64. The largest absolute Gasteiger partial charge is 0.303 e. The maximum atomic E-state index is 12.2. The molecule has 4 rings (SSSR count). The Kier molecular flexibility index (Phi) is 2.37. The van der Waals surface area contributed by atoms with Crippen LogP contribution in [0, 0.1) is 11.8 Å². The third-order valence-electron chi connectivity index (χ3n) is 3.80. The molecule has 3 heteroatoms. The van der Waals surface area contributed by atoms with Crippen molar-refractivity contribution in [3.63, 3.8) is 0 Å². The quantitative estimate of drug-likeness (QED) is 0.714. The number of Topliss-reactive ketones (excluding diaryl/α,β-unsaturated/α-hetero) is 1. The summed E-state index contributed by atoms with van der Waals surface area (Å²) in [5, 5.41) is 3.98. The fraction of sp³-hybridized carbons (Fsp3) is 0.583. The monoisotopic (exact) mass is 221 g/mol.